The van der Waals surface area contributed by atoms with Crippen molar-refractivity contribution in [3.8, 4) is 0 Å². The standard InChI is InChI=1S/C15H30O3/c1-6-7-8-9-10-11-12-17-13(2)14(16)18-15(3,4)5/h13H,6-12H2,1-5H3. The molecule has 0 spiro atoms. The van der Waals surface area contributed by atoms with Gasteiger partial charge in [0.25, 0.3) is 0 Å². The van der Waals surface area contributed by atoms with Gasteiger partial charge in [-0.3, -0.25) is 0 Å². The van der Waals surface area contributed by atoms with Crippen LogP contribution in [0.5, 0.6) is 0 Å². The lowest BCUT2D eigenvalue weighted by atomic mass is 10.1. The third-order valence-electron chi connectivity index (χ3n) is 2.60. The molecule has 0 saturated carbocycles. The Morgan fingerprint density at radius 3 is 2.17 bits per heavy atom. The molecule has 0 heterocycles. The second-order valence-electron chi connectivity index (χ2n) is 5.81. The summed E-state index contributed by atoms with van der Waals surface area (Å²) in [5.41, 5.74) is -0.436. The van der Waals surface area contributed by atoms with E-state index in [1.54, 1.807) is 6.92 Å². The molecule has 0 radical (unpaired) electrons. The van der Waals surface area contributed by atoms with E-state index >= 15 is 0 Å². The average Bonchev–Trinajstić information content (AvgIpc) is 2.25. The molecule has 0 rings (SSSR count). The summed E-state index contributed by atoms with van der Waals surface area (Å²) in [6.07, 6.45) is 6.90. The van der Waals surface area contributed by atoms with Crippen LogP contribution >= 0.6 is 0 Å². The zero-order valence-corrected chi connectivity index (χ0v) is 12.8. The van der Waals surface area contributed by atoms with Crippen molar-refractivity contribution in [2.45, 2.75) is 84.8 Å². The van der Waals surface area contributed by atoms with Crippen molar-refractivity contribution in [1.82, 2.24) is 0 Å². The van der Waals surface area contributed by atoms with Crippen LogP contribution in [-0.2, 0) is 14.3 Å². The van der Waals surface area contributed by atoms with Gasteiger partial charge in [-0.05, 0) is 34.1 Å². The van der Waals surface area contributed by atoms with Crippen LogP contribution in [-0.4, -0.2) is 24.3 Å². The average molecular weight is 258 g/mol. The van der Waals surface area contributed by atoms with E-state index in [-0.39, 0.29) is 5.97 Å². The first-order chi connectivity index (χ1) is 8.37. The van der Waals surface area contributed by atoms with E-state index in [4.69, 9.17) is 9.47 Å². The Morgan fingerprint density at radius 2 is 1.61 bits per heavy atom. The van der Waals surface area contributed by atoms with Crippen LogP contribution in [0.15, 0.2) is 0 Å². The molecule has 0 aromatic carbocycles. The Bertz CT molecular complexity index is 218. The molecule has 0 aliphatic heterocycles. The molecule has 0 N–H and O–H groups in total. The number of carbonyl (C=O) groups is 1. The molecule has 3 heteroatoms. The highest BCUT2D eigenvalue weighted by Crippen LogP contribution is 2.10. The molecule has 3 nitrogen and oxygen atoms in total. The lowest BCUT2D eigenvalue weighted by Crippen LogP contribution is -2.31. The van der Waals surface area contributed by atoms with Crippen LogP contribution in [0.4, 0.5) is 0 Å². The molecule has 0 aromatic heterocycles. The Morgan fingerprint density at radius 1 is 1.06 bits per heavy atom. The van der Waals surface area contributed by atoms with Crippen LogP contribution in [0.25, 0.3) is 0 Å². The number of carbonyl (C=O) groups excluding carboxylic acids is 1. The molecule has 108 valence electrons. The maximum absolute atomic E-state index is 11.6. The molecule has 1 atom stereocenters. The number of hydrogen-bond acceptors (Lipinski definition) is 3. The highest BCUT2D eigenvalue weighted by molar-refractivity contribution is 5.74. The predicted octanol–water partition coefficient (Wildman–Crippen LogP) is 4.09. The monoisotopic (exact) mass is 258 g/mol. The van der Waals surface area contributed by atoms with E-state index in [1.165, 1.54) is 32.1 Å². The zero-order chi connectivity index (χ0) is 14.0. The fourth-order valence-corrected chi connectivity index (χ4v) is 1.60. The zero-order valence-electron chi connectivity index (χ0n) is 12.8. The second kappa shape index (κ2) is 9.37. The lowest BCUT2D eigenvalue weighted by molar-refractivity contribution is -0.167. The van der Waals surface area contributed by atoms with Gasteiger partial charge in [0.15, 0.2) is 6.10 Å². The fraction of sp³-hybridized carbons (Fsp3) is 0.933. The lowest BCUT2D eigenvalue weighted by Gasteiger charge is -2.22. The van der Waals surface area contributed by atoms with Gasteiger partial charge in [0.05, 0.1) is 0 Å². The fourth-order valence-electron chi connectivity index (χ4n) is 1.60. The number of unbranched alkanes of at least 4 members (excludes halogenated alkanes) is 5. The molecule has 0 aromatic rings. The van der Waals surface area contributed by atoms with Gasteiger partial charge in [-0.2, -0.15) is 0 Å². The summed E-state index contributed by atoms with van der Waals surface area (Å²) < 4.78 is 10.7. The van der Waals surface area contributed by atoms with Crippen LogP contribution in [0.1, 0.15) is 73.1 Å². The van der Waals surface area contributed by atoms with E-state index < -0.39 is 11.7 Å². The molecule has 18 heavy (non-hydrogen) atoms. The first-order valence-electron chi connectivity index (χ1n) is 7.21. The minimum Gasteiger partial charge on any atom is -0.458 e. The van der Waals surface area contributed by atoms with E-state index in [1.807, 2.05) is 20.8 Å². The first kappa shape index (κ1) is 17.4. The minimum atomic E-state index is -0.458. The van der Waals surface area contributed by atoms with Gasteiger partial charge in [-0.1, -0.05) is 39.0 Å². The molecule has 0 aliphatic rings. The second-order valence-corrected chi connectivity index (χ2v) is 5.81. The molecular weight excluding hydrogens is 228 g/mol. The van der Waals surface area contributed by atoms with Crippen molar-refractivity contribution in [1.29, 1.82) is 0 Å². The molecule has 1 unspecified atom stereocenters. The normalized spacial score (nSPS) is 13.4. The van der Waals surface area contributed by atoms with Gasteiger partial charge in [0.1, 0.15) is 5.60 Å². The van der Waals surface area contributed by atoms with Crippen LogP contribution < -0.4 is 0 Å². The summed E-state index contributed by atoms with van der Waals surface area (Å²) >= 11 is 0. The van der Waals surface area contributed by atoms with Gasteiger partial charge >= 0.3 is 5.97 Å². The Balaban J connectivity index is 3.52. The van der Waals surface area contributed by atoms with Crippen molar-refractivity contribution < 1.29 is 14.3 Å². The first-order valence-corrected chi connectivity index (χ1v) is 7.21. The van der Waals surface area contributed by atoms with Crippen LogP contribution in [0.3, 0.4) is 0 Å². The third-order valence-corrected chi connectivity index (χ3v) is 2.60. The molecule has 0 amide bonds. The van der Waals surface area contributed by atoms with Gasteiger partial charge in [-0.25, -0.2) is 4.79 Å². The van der Waals surface area contributed by atoms with Crippen LogP contribution in [0.2, 0.25) is 0 Å². The maximum Gasteiger partial charge on any atom is 0.335 e. The molecule has 0 bridgehead atoms. The summed E-state index contributed by atoms with van der Waals surface area (Å²) in [6, 6.07) is 0. The number of ether oxygens (including phenoxy) is 2. The van der Waals surface area contributed by atoms with Gasteiger partial charge in [0.2, 0.25) is 0 Å². The molecule has 0 aliphatic carbocycles. The molecule has 0 fully saturated rings. The summed E-state index contributed by atoms with van der Waals surface area (Å²) in [5, 5.41) is 0. The quantitative estimate of drug-likeness (QED) is 0.461. The topological polar surface area (TPSA) is 35.5 Å². The third kappa shape index (κ3) is 10.6. The van der Waals surface area contributed by atoms with Crippen molar-refractivity contribution in [3.63, 3.8) is 0 Å². The SMILES string of the molecule is CCCCCCCCOC(C)C(=O)OC(C)(C)C. The van der Waals surface area contributed by atoms with E-state index in [0.29, 0.717) is 6.61 Å². The summed E-state index contributed by atoms with van der Waals surface area (Å²) in [6.45, 7) is 10.2. The summed E-state index contributed by atoms with van der Waals surface area (Å²) in [7, 11) is 0. The van der Waals surface area contributed by atoms with Gasteiger partial charge < -0.3 is 9.47 Å². The van der Waals surface area contributed by atoms with E-state index in [2.05, 4.69) is 6.92 Å². The van der Waals surface area contributed by atoms with Crippen LogP contribution in [0, 0.1) is 0 Å². The Labute approximate surface area is 112 Å². The number of rotatable bonds is 9. The molecule has 0 saturated heterocycles. The summed E-state index contributed by atoms with van der Waals surface area (Å²) in [5.74, 6) is -0.270. The highest BCUT2D eigenvalue weighted by Gasteiger charge is 2.21. The number of hydrogen-bond donors (Lipinski definition) is 0. The molecular formula is C15H30O3. The van der Waals surface area contributed by atoms with Crippen molar-refractivity contribution in [2.24, 2.45) is 0 Å². The van der Waals surface area contributed by atoms with Gasteiger partial charge in [-0.15, -0.1) is 0 Å². The Kier molecular flexibility index (Phi) is 9.08. The number of esters is 1. The van der Waals surface area contributed by atoms with E-state index in [0.717, 1.165) is 6.42 Å². The summed E-state index contributed by atoms with van der Waals surface area (Å²) in [4.78, 5) is 11.6. The predicted molar refractivity (Wildman–Crippen MR) is 74.6 cm³/mol. The van der Waals surface area contributed by atoms with E-state index in [9.17, 15) is 4.79 Å². The minimum absolute atomic E-state index is 0.270. The maximum atomic E-state index is 11.6. The Hall–Kier alpha value is -0.570. The smallest absolute Gasteiger partial charge is 0.335 e. The van der Waals surface area contributed by atoms with Crippen molar-refractivity contribution in [2.75, 3.05) is 6.61 Å². The largest absolute Gasteiger partial charge is 0.458 e. The van der Waals surface area contributed by atoms with Gasteiger partial charge in [0, 0.05) is 6.61 Å². The van der Waals surface area contributed by atoms with Crippen molar-refractivity contribution in [3.05, 3.63) is 0 Å². The van der Waals surface area contributed by atoms with Crippen molar-refractivity contribution >= 4 is 5.97 Å². The highest BCUT2D eigenvalue weighted by atomic mass is 16.6.